The number of rotatable bonds is 7. The molecule has 4 nitrogen and oxygen atoms in total. The first-order valence-corrected chi connectivity index (χ1v) is 6.81. The summed E-state index contributed by atoms with van der Waals surface area (Å²) < 4.78 is 37.4. The molecule has 0 saturated heterocycles. The Kier molecular flexibility index (Phi) is 6.25. The Balaban J connectivity index is 2.51. The van der Waals surface area contributed by atoms with Gasteiger partial charge in [0, 0.05) is 13.0 Å². The standard InChI is InChI=1S/C12H15BrF3N3O/c1-2-7-19-11(20)10(13)9(8-18-19)17-6-4-3-5-12(14,15)16/h2,8,17H,1,3-7H2. The first kappa shape index (κ1) is 16.7. The van der Waals surface area contributed by atoms with E-state index in [-0.39, 0.29) is 12.0 Å². The van der Waals surface area contributed by atoms with Crippen LogP contribution < -0.4 is 10.9 Å². The molecule has 8 heteroatoms. The average molecular weight is 354 g/mol. The van der Waals surface area contributed by atoms with E-state index in [1.165, 1.54) is 10.9 Å². The second-order valence-corrected chi connectivity index (χ2v) is 4.94. The first-order chi connectivity index (χ1) is 9.35. The Morgan fingerprint density at radius 1 is 1.45 bits per heavy atom. The van der Waals surface area contributed by atoms with E-state index in [0.717, 1.165) is 0 Å². The van der Waals surface area contributed by atoms with Gasteiger partial charge in [-0.3, -0.25) is 4.79 Å². The van der Waals surface area contributed by atoms with Crippen LogP contribution in [-0.4, -0.2) is 22.5 Å². The summed E-state index contributed by atoms with van der Waals surface area (Å²) >= 11 is 3.15. The number of allylic oxidation sites excluding steroid dienone is 1. The van der Waals surface area contributed by atoms with Crippen molar-refractivity contribution in [3.8, 4) is 0 Å². The minimum atomic E-state index is -4.12. The molecule has 0 bridgehead atoms. The van der Waals surface area contributed by atoms with Crippen molar-refractivity contribution in [1.82, 2.24) is 9.78 Å². The van der Waals surface area contributed by atoms with Crippen LogP contribution in [0.15, 0.2) is 28.1 Å². The fourth-order valence-electron chi connectivity index (χ4n) is 1.51. The summed E-state index contributed by atoms with van der Waals surface area (Å²) in [5.74, 6) is 0. The molecular weight excluding hydrogens is 339 g/mol. The molecule has 1 rings (SSSR count). The molecule has 112 valence electrons. The van der Waals surface area contributed by atoms with Gasteiger partial charge in [-0.1, -0.05) is 6.08 Å². The highest BCUT2D eigenvalue weighted by Gasteiger charge is 2.25. The SMILES string of the molecule is C=CCn1ncc(NCCCCC(F)(F)F)c(Br)c1=O. The summed E-state index contributed by atoms with van der Waals surface area (Å²) in [6.45, 7) is 4.16. The molecule has 0 spiro atoms. The third-order valence-electron chi connectivity index (χ3n) is 2.49. The number of hydrogen-bond acceptors (Lipinski definition) is 3. The van der Waals surface area contributed by atoms with Crippen LogP contribution in [0, 0.1) is 0 Å². The van der Waals surface area contributed by atoms with E-state index in [1.807, 2.05) is 0 Å². The van der Waals surface area contributed by atoms with E-state index in [0.29, 0.717) is 29.7 Å². The number of anilines is 1. The molecule has 0 atom stereocenters. The minimum absolute atomic E-state index is 0.0507. The summed E-state index contributed by atoms with van der Waals surface area (Å²) in [5, 5.41) is 6.82. The maximum atomic E-state index is 11.9. The Bertz CT molecular complexity index is 514. The van der Waals surface area contributed by atoms with Gasteiger partial charge in [-0.25, -0.2) is 4.68 Å². The molecule has 0 aliphatic carbocycles. The van der Waals surface area contributed by atoms with E-state index in [2.05, 4.69) is 32.9 Å². The Labute approximate surface area is 122 Å². The van der Waals surface area contributed by atoms with Gasteiger partial charge in [0.1, 0.15) is 4.47 Å². The monoisotopic (exact) mass is 353 g/mol. The number of aromatic nitrogens is 2. The molecule has 0 aliphatic heterocycles. The van der Waals surface area contributed by atoms with Crippen LogP contribution in [0.1, 0.15) is 19.3 Å². The summed E-state index contributed by atoms with van der Waals surface area (Å²) in [5.41, 5.74) is 0.160. The Morgan fingerprint density at radius 3 is 2.75 bits per heavy atom. The highest BCUT2D eigenvalue weighted by Crippen LogP contribution is 2.22. The lowest BCUT2D eigenvalue weighted by molar-refractivity contribution is -0.135. The van der Waals surface area contributed by atoms with Crippen LogP contribution in [0.3, 0.4) is 0 Å². The van der Waals surface area contributed by atoms with Crippen molar-refractivity contribution in [3.63, 3.8) is 0 Å². The van der Waals surface area contributed by atoms with E-state index in [1.54, 1.807) is 6.08 Å². The van der Waals surface area contributed by atoms with Crippen molar-refractivity contribution >= 4 is 21.6 Å². The van der Waals surface area contributed by atoms with E-state index < -0.39 is 12.6 Å². The topological polar surface area (TPSA) is 46.9 Å². The van der Waals surface area contributed by atoms with E-state index in [4.69, 9.17) is 0 Å². The number of unbranched alkanes of at least 4 members (excludes halogenated alkanes) is 1. The normalized spacial score (nSPS) is 11.4. The summed E-state index contributed by atoms with van der Waals surface area (Å²) in [7, 11) is 0. The van der Waals surface area contributed by atoms with Gasteiger partial charge >= 0.3 is 6.18 Å². The lowest BCUT2D eigenvalue weighted by Crippen LogP contribution is -2.24. The number of halogens is 4. The molecule has 0 aromatic carbocycles. The predicted octanol–water partition coefficient (Wildman–Crippen LogP) is 3.34. The van der Waals surface area contributed by atoms with Crippen LogP contribution in [0.5, 0.6) is 0 Å². The second-order valence-electron chi connectivity index (χ2n) is 4.15. The van der Waals surface area contributed by atoms with E-state index in [9.17, 15) is 18.0 Å². The number of alkyl halides is 3. The minimum Gasteiger partial charge on any atom is -0.383 e. The van der Waals surface area contributed by atoms with Gasteiger partial charge in [0.15, 0.2) is 0 Å². The molecule has 1 heterocycles. The summed E-state index contributed by atoms with van der Waals surface area (Å²) in [4.78, 5) is 11.8. The molecule has 0 radical (unpaired) electrons. The molecule has 0 amide bonds. The van der Waals surface area contributed by atoms with Crippen LogP contribution in [0.2, 0.25) is 0 Å². The van der Waals surface area contributed by atoms with Gasteiger partial charge in [0.2, 0.25) is 0 Å². The zero-order valence-electron chi connectivity index (χ0n) is 10.7. The molecule has 1 N–H and O–H groups in total. The van der Waals surface area contributed by atoms with Crippen molar-refractivity contribution < 1.29 is 13.2 Å². The molecular formula is C12H15BrF3N3O. The molecule has 0 unspecified atom stereocenters. The van der Waals surface area contributed by atoms with Gasteiger partial charge in [-0.15, -0.1) is 6.58 Å². The highest BCUT2D eigenvalue weighted by molar-refractivity contribution is 9.10. The van der Waals surface area contributed by atoms with Crippen molar-refractivity contribution in [2.24, 2.45) is 0 Å². The molecule has 1 aromatic rings. The van der Waals surface area contributed by atoms with Crippen molar-refractivity contribution in [2.75, 3.05) is 11.9 Å². The quantitative estimate of drug-likeness (QED) is 0.604. The summed E-state index contributed by atoms with van der Waals surface area (Å²) in [6, 6.07) is 0. The van der Waals surface area contributed by atoms with E-state index >= 15 is 0 Å². The van der Waals surface area contributed by atoms with Crippen molar-refractivity contribution in [1.29, 1.82) is 0 Å². The molecule has 0 saturated carbocycles. The predicted molar refractivity (Wildman–Crippen MR) is 74.8 cm³/mol. The average Bonchev–Trinajstić information content (AvgIpc) is 2.36. The lowest BCUT2D eigenvalue weighted by Gasteiger charge is -2.10. The molecule has 0 aliphatic rings. The van der Waals surface area contributed by atoms with Crippen LogP contribution >= 0.6 is 15.9 Å². The first-order valence-electron chi connectivity index (χ1n) is 6.02. The van der Waals surface area contributed by atoms with Gasteiger partial charge in [0.25, 0.3) is 5.56 Å². The van der Waals surface area contributed by atoms with Crippen LogP contribution in [0.25, 0.3) is 0 Å². The Hall–Kier alpha value is -1.31. The van der Waals surface area contributed by atoms with Gasteiger partial charge in [0.05, 0.1) is 18.4 Å². The number of nitrogens with one attached hydrogen (secondary N) is 1. The summed E-state index contributed by atoms with van der Waals surface area (Å²) in [6.07, 6.45) is -1.50. The number of hydrogen-bond donors (Lipinski definition) is 1. The molecule has 0 fully saturated rings. The molecule has 20 heavy (non-hydrogen) atoms. The van der Waals surface area contributed by atoms with Gasteiger partial charge in [-0.05, 0) is 28.8 Å². The fourth-order valence-corrected chi connectivity index (χ4v) is 1.96. The van der Waals surface area contributed by atoms with Gasteiger partial charge < -0.3 is 5.32 Å². The smallest absolute Gasteiger partial charge is 0.383 e. The maximum Gasteiger partial charge on any atom is 0.389 e. The van der Waals surface area contributed by atoms with Gasteiger partial charge in [-0.2, -0.15) is 18.3 Å². The molecule has 1 aromatic heterocycles. The zero-order valence-corrected chi connectivity index (χ0v) is 12.3. The third kappa shape index (κ3) is 5.36. The number of nitrogens with zero attached hydrogens (tertiary/aromatic N) is 2. The zero-order chi connectivity index (χ0) is 15.2. The highest BCUT2D eigenvalue weighted by atomic mass is 79.9. The fraction of sp³-hybridized carbons (Fsp3) is 0.500. The van der Waals surface area contributed by atoms with Crippen LogP contribution in [0.4, 0.5) is 18.9 Å². The van der Waals surface area contributed by atoms with Crippen molar-refractivity contribution in [3.05, 3.63) is 33.7 Å². The maximum absolute atomic E-state index is 11.9. The largest absolute Gasteiger partial charge is 0.389 e. The van der Waals surface area contributed by atoms with Crippen molar-refractivity contribution in [2.45, 2.75) is 32.0 Å². The Morgan fingerprint density at radius 2 is 2.15 bits per heavy atom. The second kappa shape index (κ2) is 7.47. The lowest BCUT2D eigenvalue weighted by atomic mass is 10.2. The van der Waals surface area contributed by atoms with Crippen LogP contribution in [-0.2, 0) is 6.54 Å². The third-order valence-corrected chi connectivity index (χ3v) is 3.26.